The van der Waals surface area contributed by atoms with Crippen molar-refractivity contribution in [2.75, 3.05) is 11.9 Å². The molecule has 4 aromatic rings. The van der Waals surface area contributed by atoms with Crippen molar-refractivity contribution < 1.29 is 20.4 Å². The summed E-state index contributed by atoms with van der Waals surface area (Å²) in [6.07, 6.45) is -0.191. The number of fused-ring (bicyclic) bond motifs is 1. The quantitative estimate of drug-likeness (QED) is 0.219. The van der Waals surface area contributed by atoms with Gasteiger partial charge in [0.05, 0.1) is 18.5 Å². The minimum absolute atomic E-state index is 0.00454. The van der Waals surface area contributed by atoms with Gasteiger partial charge in [0.15, 0.2) is 17.0 Å². The van der Waals surface area contributed by atoms with E-state index in [0.717, 1.165) is 11.1 Å². The number of aromatic nitrogens is 4. The Morgan fingerprint density at radius 1 is 0.971 bits per heavy atom. The highest BCUT2D eigenvalue weighted by atomic mass is 35.5. The van der Waals surface area contributed by atoms with Gasteiger partial charge in [-0.3, -0.25) is 0 Å². The highest BCUT2D eigenvalue weighted by Gasteiger charge is 2.41. The largest absolute Gasteiger partial charge is 0.508 e. The molecule has 0 aliphatic heterocycles. The number of phenolic OH excluding ortho intramolecular Hbond substituents is 2. The summed E-state index contributed by atoms with van der Waals surface area (Å²) in [7, 11) is 0. The number of aliphatic hydroxyl groups is 2. The molecule has 1 aliphatic carbocycles. The highest BCUT2D eigenvalue weighted by molar-refractivity contribution is 6.28. The van der Waals surface area contributed by atoms with Crippen LogP contribution in [0, 0.1) is 0 Å². The summed E-state index contributed by atoms with van der Waals surface area (Å²) in [6.45, 7) is 0.403. The molecule has 4 atom stereocenters. The van der Waals surface area contributed by atoms with Crippen LogP contribution in [-0.2, 0) is 0 Å². The molecule has 182 valence electrons. The molecule has 5 rings (SSSR count). The zero-order valence-corrected chi connectivity index (χ0v) is 19.3. The smallest absolute Gasteiger partial charge is 0.226 e. The van der Waals surface area contributed by atoms with Crippen molar-refractivity contribution in [2.45, 2.75) is 36.6 Å². The third-order valence-corrected chi connectivity index (χ3v) is 6.68. The van der Waals surface area contributed by atoms with Crippen molar-refractivity contribution in [1.82, 2.24) is 19.5 Å². The number of imidazole rings is 1. The Kier molecular flexibility index (Phi) is 6.20. The maximum Gasteiger partial charge on any atom is 0.226 e. The van der Waals surface area contributed by atoms with E-state index in [1.807, 2.05) is 24.3 Å². The van der Waals surface area contributed by atoms with Gasteiger partial charge in [0.2, 0.25) is 5.28 Å². The van der Waals surface area contributed by atoms with Crippen LogP contribution in [0.5, 0.6) is 11.5 Å². The number of rotatable bonds is 6. The van der Waals surface area contributed by atoms with E-state index in [1.165, 1.54) is 6.33 Å². The zero-order valence-electron chi connectivity index (χ0n) is 18.5. The number of hydrogen-bond donors (Lipinski definition) is 6. The average molecular weight is 497 g/mol. The molecule has 0 amide bonds. The number of hydrogen-bond acceptors (Lipinski definition) is 9. The molecule has 2 aromatic heterocycles. The summed E-state index contributed by atoms with van der Waals surface area (Å²) in [5.74, 6) is 0.602. The van der Waals surface area contributed by atoms with Crippen LogP contribution in [0.3, 0.4) is 0 Å². The van der Waals surface area contributed by atoms with E-state index < -0.39 is 24.3 Å². The molecule has 0 saturated heterocycles. The first-order valence-electron chi connectivity index (χ1n) is 11.2. The number of aromatic hydroxyl groups is 2. The van der Waals surface area contributed by atoms with Gasteiger partial charge < -0.3 is 36.0 Å². The number of nitrogens with two attached hydrogens (primary N) is 1. The summed E-state index contributed by atoms with van der Waals surface area (Å²) in [5.41, 5.74) is 8.71. The third-order valence-electron chi connectivity index (χ3n) is 6.51. The Labute approximate surface area is 205 Å². The fourth-order valence-electron chi connectivity index (χ4n) is 4.61. The van der Waals surface area contributed by atoms with Crippen LogP contribution in [0.15, 0.2) is 54.9 Å². The lowest BCUT2D eigenvalue weighted by atomic mass is 9.91. The lowest BCUT2D eigenvalue weighted by Gasteiger charge is -2.20. The maximum atomic E-state index is 10.5. The van der Waals surface area contributed by atoms with Crippen LogP contribution >= 0.6 is 11.6 Å². The standard InChI is InChI=1S/C24H25ClN6O4/c25-24-29-22(19-23(30-24)31(11-28-19)18-9-17(26)20(34)21(18)35)27-10-16(12-1-5-14(32)6-2-12)13-3-7-15(33)8-4-13/h1-8,11,16-18,20-21,32-35H,9-10,26H2,(H,27,29,30). The molecule has 10 nitrogen and oxygen atoms in total. The molecule has 0 radical (unpaired) electrons. The summed E-state index contributed by atoms with van der Waals surface area (Å²) in [5, 5.41) is 43.3. The maximum absolute atomic E-state index is 10.5. The van der Waals surface area contributed by atoms with Gasteiger partial charge in [-0.1, -0.05) is 24.3 Å². The fraction of sp³-hybridized carbons (Fsp3) is 0.292. The van der Waals surface area contributed by atoms with Gasteiger partial charge in [0.1, 0.15) is 17.6 Å². The first kappa shape index (κ1) is 23.3. The van der Waals surface area contributed by atoms with Gasteiger partial charge in [0.25, 0.3) is 0 Å². The van der Waals surface area contributed by atoms with Gasteiger partial charge in [-0.25, -0.2) is 4.98 Å². The third kappa shape index (κ3) is 4.48. The Morgan fingerprint density at radius 2 is 1.57 bits per heavy atom. The van der Waals surface area contributed by atoms with Crippen molar-refractivity contribution in [3.63, 3.8) is 0 Å². The summed E-state index contributed by atoms with van der Waals surface area (Å²) >= 11 is 6.24. The molecule has 35 heavy (non-hydrogen) atoms. The van der Waals surface area contributed by atoms with E-state index in [2.05, 4.69) is 20.3 Å². The molecule has 1 saturated carbocycles. The predicted octanol–water partition coefficient (Wildman–Crippen LogP) is 2.13. The van der Waals surface area contributed by atoms with Crippen molar-refractivity contribution in [1.29, 1.82) is 0 Å². The van der Waals surface area contributed by atoms with Crippen LogP contribution in [-0.4, -0.2) is 64.7 Å². The predicted molar refractivity (Wildman–Crippen MR) is 131 cm³/mol. The molecule has 11 heteroatoms. The van der Waals surface area contributed by atoms with Gasteiger partial charge >= 0.3 is 0 Å². The normalized spacial score (nSPS) is 22.2. The lowest BCUT2D eigenvalue weighted by molar-refractivity contribution is 0.0187. The van der Waals surface area contributed by atoms with Crippen molar-refractivity contribution in [2.24, 2.45) is 5.73 Å². The summed E-state index contributed by atoms with van der Waals surface area (Å²) in [4.78, 5) is 13.1. The number of halogens is 1. The van der Waals surface area contributed by atoms with Crippen LogP contribution in [0.2, 0.25) is 5.28 Å². The molecule has 2 aromatic carbocycles. The number of benzene rings is 2. The van der Waals surface area contributed by atoms with E-state index in [1.54, 1.807) is 28.8 Å². The van der Waals surface area contributed by atoms with Gasteiger partial charge in [-0.15, -0.1) is 0 Å². The number of nitrogens with one attached hydrogen (secondary N) is 1. The minimum Gasteiger partial charge on any atom is -0.508 e. The summed E-state index contributed by atoms with van der Waals surface area (Å²) < 4.78 is 1.67. The molecule has 2 heterocycles. The van der Waals surface area contributed by atoms with E-state index in [-0.39, 0.29) is 22.7 Å². The Balaban J connectivity index is 1.47. The topological polar surface area (TPSA) is 163 Å². The average Bonchev–Trinajstić information content (AvgIpc) is 3.37. The van der Waals surface area contributed by atoms with E-state index >= 15 is 0 Å². The highest BCUT2D eigenvalue weighted by Crippen LogP contribution is 2.34. The molecule has 1 fully saturated rings. The summed E-state index contributed by atoms with van der Waals surface area (Å²) in [6, 6.07) is 12.8. The Hall–Kier alpha value is -3.44. The van der Waals surface area contributed by atoms with Crippen molar-refractivity contribution in [3.05, 3.63) is 71.3 Å². The first-order chi connectivity index (χ1) is 16.8. The first-order valence-corrected chi connectivity index (χ1v) is 11.5. The molecule has 0 spiro atoms. The van der Waals surface area contributed by atoms with Gasteiger partial charge in [0, 0.05) is 18.5 Å². The monoisotopic (exact) mass is 496 g/mol. The molecule has 1 aliphatic rings. The van der Waals surface area contributed by atoms with Crippen molar-refractivity contribution >= 4 is 28.6 Å². The second-order valence-electron chi connectivity index (χ2n) is 8.73. The number of aliphatic hydroxyl groups excluding tert-OH is 2. The number of nitrogens with zero attached hydrogens (tertiary/aromatic N) is 4. The molecule has 7 N–H and O–H groups in total. The van der Waals surface area contributed by atoms with E-state index in [9.17, 15) is 20.4 Å². The van der Waals surface area contributed by atoms with Crippen molar-refractivity contribution in [3.8, 4) is 11.5 Å². The van der Waals surface area contributed by atoms with Crippen LogP contribution < -0.4 is 11.1 Å². The molecular weight excluding hydrogens is 472 g/mol. The number of anilines is 1. The Morgan fingerprint density at radius 3 is 2.11 bits per heavy atom. The number of phenols is 2. The van der Waals surface area contributed by atoms with Gasteiger partial charge in [-0.2, -0.15) is 9.97 Å². The van der Waals surface area contributed by atoms with E-state index in [4.69, 9.17) is 17.3 Å². The molecule has 0 bridgehead atoms. The van der Waals surface area contributed by atoms with E-state index in [0.29, 0.717) is 29.9 Å². The van der Waals surface area contributed by atoms with Crippen LogP contribution in [0.1, 0.15) is 29.5 Å². The Bertz CT molecular complexity index is 1290. The minimum atomic E-state index is -1.05. The SMILES string of the molecule is NC1CC(n2cnc3c(NCC(c4ccc(O)cc4)c4ccc(O)cc4)nc(Cl)nc32)C(O)C1O. The zero-order chi connectivity index (χ0) is 24.7. The van der Waals surface area contributed by atoms with Crippen LogP contribution in [0.4, 0.5) is 5.82 Å². The second kappa shape index (κ2) is 9.31. The molecular formula is C24H25ClN6O4. The van der Waals surface area contributed by atoms with Crippen LogP contribution in [0.25, 0.3) is 11.2 Å². The lowest BCUT2D eigenvalue weighted by Crippen LogP contribution is -2.35. The second-order valence-corrected chi connectivity index (χ2v) is 9.07. The fourth-order valence-corrected chi connectivity index (χ4v) is 4.78. The van der Waals surface area contributed by atoms with Gasteiger partial charge in [-0.05, 0) is 53.4 Å². The molecule has 4 unspecified atom stereocenters.